The summed E-state index contributed by atoms with van der Waals surface area (Å²) in [7, 11) is 1.98. The summed E-state index contributed by atoms with van der Waals surface area (Å²) in [6.45, 7) is 3.40. The molecule has 2 aliphatic rings. The number of benzene rings is 2. The van der Waals surface area contributed by atoms with Crippen LogP contribution in [0.25, 0.3) is 22.3 Å². The molecule has 33 heavy (non-hydrogen) atoms. The Labute approximate surface area is 192 Å². The number of carbonyl (C=O) groups excluding carboxylic acids is 1. The molecular weight excluding hydrogens is 412 g/mol. The van der Waals surface area contributed by atoms with Crippen LogP contribution in [0.2, 0.25) is 0 Å². The molecule has 1 saturated carbocycles. The number of aryl methyl sites for hydroxylation is 1. The molecule has 2 aromatic carbocycles. The van der Waals surface area contributed by atoms with Gasteiger partial charge in [-0.2, -0.15) is 10.2 Å². The Morgan fingerprint density at radius 2 is 2.06 bits per heavy atom. The van der Waals surface area contributed by atoms with E-state index < -0.39 is 0 Å². The van der Waals surface area contributed by atoms with E-state index in [1.165, 1.54) is 40.5 Å². The quantitative estimate of drug-likeness (QED) is 0.506. The maximum Gasteiger partial charge on any atom is 0.222 e. The highest BCUT2D eigenvalue weighted by Gasteiger charge is 2.29. The zero-order valence-electron chi connectivity index (χ0n) is 19.1. The minimum atomic E-state index is 0.222. The van der Waals surface area contributed by atoms with Gasteiger partial charge in [-0.3, -0.25) is 14.6 Å². The Hall–Kier alpha value is -3.48. The van der Waals surface area contributed by atoms with Gasteiger partial charge in [-0.25, -0.2) is 4.98 Å². The predicted octanol–water partition coefficient (Wildman–Crippen LogP) is 4.12. The van der Waals surface area contributed by atoms with Gasteiger partial charge in [0.25, 0.3) is 0 Å². The highest BCUT2D eigenvalue weighted by Crippen LogP contribution is 2.45. The van der Waals surface area contributed by atoms with E-state index in [9.17, 15) is 4.79 Å². The number of aromatic amines is 1. The molecule has 1 fully saturated rings. The molecule has 7 nitrogen and oxygen atoms in total. The van der Waals surface area contributed by atoms with Crippen LogP contribution in [0.5, 0.6) is 0 Å². The number of fused-ring (bicyclic) bond motifs is 2. The minimum absolute atomic E-state index is 0.222. The molecular formula is C26H28N6O. The van der Waals surface area contributed by atoms with Gasteiger partial charge in [0.15, 0.2) is 5.82 Å². The Balaban J connectivity index is 1.28. The fraction of sp³-hybridized carbons (Fsp3) is 0.385. The molecule has 0 unspecified atom stereocenters. The first-order chi connectivity index (χ1) is 16.1. The Morgan fingerprint density at radius 3 is 2.88 bits per heavy atom. The van der Waals surface area contributed by atoms with Gasteiger partial charge in [0.05, 0.1) is 11.7 Å². The third-order valence-corrected chi connectivity index (χ3v) is 7.08. The highest BCUT2D eigenvalue weighted by molar-refractivity contribution is 5.84. The molecule has 0 saturated heterocycles. The van der Waals surface area contributed by atoms with E-state index in [0.717, 1.165) is 42.1 Å². The summed E-state index contributed by atoms with van der Waals surface area (Å²) >= 11 is 0. The van der Waals surface area contributed by atoms with Crippen molar-refractivity contribution in [1.82, 2.24) is 29.9 Å². The molecule has 1 amide bonds. The zero-order chi connectivity index (χ0) is 22.5. The molecule has 0 radical (unpaired) electrons. The van der Waals surface area contributed by atoms with Crippen molar-refractivity contribution < 1.29 is 4.79 Å². The fourth-order valence-corrected chi connectivity index (χ4v) is 5.08. The van der Waals surface area contributed by atoms with E-state index in [4.69, 9.17) is 10.1 Å². The molecule has 2 aromatic heterocycles. The van der Waals surface area contributed by atoms with Crippen LogP contribution < -0.4 is 0 Å². The van der Waals surface area contributed by atoms with Gasteiger partial charge in [-0.15, -0.1) is 0 Å². The van der Waals surface area contributed by atoms with Gasteiger partial charge >= 0.3 is 0 Å². The lowest BCUT2D eigenvalue weighted by molar-refractivity contribution is -0.131. The summed E-state index contributed by atoms with van der Waals surface area (Å²) in [4.78, 5) is 19.0. The molecule has 0 bridgehead atoms. The Bertz CT molecular complexity index is 1360. The number of rotatable bonds is 5. The largest absolute Gasteiger partial charge is 0.338 e. The first-order valence-electron chi connectivity index (χ1n) is 11.9. The molecule has 0 atom stereocenters. The number of nitrogens with zero attached hydrogens (tertiary/aromatic N) is 5. The molecule has 168 valence electrons. The average molecular weight is 441 g/mol. The molecule has 3 heterocycles. The lowest BCUT2D eigenvalue weighted by atomic mass is 9.96. The number of amides is 1. The Morgan fingerprint density at radius 1 is 1.18 bits per heavy atom. The number of hydrogen-bond acceptors (Lipinski definition) is 4. The lowest BCUT2D eigenvalue weighted by Gasteiger charge is -2.28. The van der Waals surface area contributed by atoms with E-state index in [2.05, 4.69) is 40.5 Å². The molecule has 0 spiro atoms. The van der Waals surface area contributed by atoms with Gasteiger partial charge in [0, 0.05) is 43.9 Å². The average Bonchev–Trinajstić information content (AvgIpc) is 3.45. The van der Waals surface area contributed by atoms with Crippen molar-refractivity contribution in [2.24, 2.45) is 7.05 Å². The van der Waals surface area contributed by atoms with Crippen molar-refractivity contribution in [3.8, 4) is 11.4 Å². The first kappa shape index (κ1) is 20.1. The maximum atomic E-state index is 12.1. The lowest BCUT2D eigenvalue weighted by Crippen LogP contribution is -2.35. The van der Waals surface area contributed by atoms with Crippen LogP contribution in [0, 0.1) is 0 Å². The number of H-pyrrole nitrogens is 1. The van der Waals surface area contributed by atoms with Crippen molar-refractivity contribution in [1.29, 1.82) is 0 Å². The van der Waals surface area contributed by atoms with Crippen molar-refractivity contribution >= 4 is 16.8 Å². The van der Waals surface area contributed by atoms with Crippen LogP contribution in [0.15, 0.2) is 36.5 Å². The van der Waals surface area contributed by atoms with Gasteiger partial charge in [0.1, 0.15) is 5.82 Å². The smallest absolute Gasteiger partial charge is 0.222 e. The van der Waals surface area contributed by atoms with Gasteiger partial charge < -0.3 is 4.90 Å². The van der Waals surface area contributed by atoms with E-state index >= 15 is 0 Å². The monoisotopic (exact) mass is 440 g/mol. The zero-order valence-corrected chi connectivity index (χ0v) is 19.1. The standard InChI is InChI=1S/C26H28N6O/c1-3-24(33)32-11-10-17-12-19(6-7-20(17)15-32)26-28-23(31(2)30-26)13-18-8-9-22-21(14-27-29-22)25(18)16-4-5-16/h6-9,12,14,16H,3-5,10-11,13,15H2,1-2H3,(H,27,29). The van der Waals surface area contributed by atoms with Gasteiger partial charge in [-0.1, -0.05) is 25.1 Å². The van der Waals surface area contributed by atoms with Crippen LogP contribution in [0.1, 0.15) is 60.2 Å². The van der Waals surface area contributed by atoms with E-state index in [1.54, 1.807) is 0 Å². The number of carbonyl (C=O) groups is 1. The van der Waals surface area contributed by atoms with Crippen LogP contribution in [-0.4, -0.2) is 42.3 Å². The summed E-state index contributed by atoms with van der Waals surface area (Å²) in [5, 5.41) is 13.3. The molecule has 4 aromatic rings. The highest BCUT2D eigenvalue weighted by atomic mass is 16.2. The molecule has 1 aliphatic carbocycles. The summed E-state index contributed by atoms with van der Waals surface area (Å²) in [5.41, 5.74) is 7.41. The van der Waals surface area contributed by atoms with E-state index in [-0.39, 0.29) is 5.91 Å². The van der Waals surface area contributed by atoms with Crippen molar-refractivity contribution in [2.75, 3.05) is 6.54 Å². The summed E-state index contributed by atoms with van der Waals surface area (Å²) in [5.74, 6) is 2.58. The van der Waals surface area contributed by atoms with E-state index in [1.807, 2.05) is 29.7 Å². The molecule has 1 aliphatic heterocycles. The second kappa shape index (κ2) is 7.83. The van der Waals surface area contributed by atoms with Crippen LogP contribution in [-0.2, 0) is 31.2 Å². The maximum absolute atomic E-state index is 12.1. The second-order valence-electron chi connectivity index (χ2n) is 9.30. The third kappa shape index (κ3) is 3.61. The number of aromatic nitrogens is 5. The summed E-state index contributed by atoms with van der Waals surface area (Å²) in [6, 6.07) is 10.8. The number of hydrogen-bond donors (Lipinski definition) is 1. The van der Waals surface area contributed by atoms with E-state index in [0.29, 0.717) is 18.9 Å². The second-order valence-corrected chi connectivity index (χ2v) is 9.30. The molecule has 6 rings (SSSR count). The third-order valence-electron chi connectivity index (χ3n) is 7.08. The fourth-order valence-electron chi connectivity index (χ4n) is 5.08. The number of nitrogens with one attached hydrogen (secondary N) is 1. The van der Waals surface area contributed by atoms with Gasteiger partial charge in [0.2, 0.25) is 5.91 Å². The SMILES string of the molecule is CCC(=O)N1CCc2cc(-c3nc(Cc4ccc5[nH]ncc5c4C4CC4)n(C)n3)ccc2C1. The predicted molar refractivity (Wildman–Crippen MR) is 127 cm³/mol. The van der Waals surface area contributed by atoms with Crippen LogP contribution in [0.3, 0.4) is 0 Å². The van der Waals surface area contributed by atoms with Gasteiger partial charge in [-0.05, 0) is 59.6 Å². The minimum Gasteiger partial charge on any atom is -0.338 e. The normalized spacial score (nSPS) is 15.8. The van der Waals surface area contributed by atoms with Crippen molar-refractivity contribution in [3.05, 3.63) is 64.6 Å². The summed E-state index contributed by atoms with van der Waals surface area (Å²) < 4.78 is 1.91. The Kier molecular flexibility index (Phi) is 4.78. The molecule has 1 N–H and O–H groups in total. The van der Waals surface area contributed by atoms with Crippen molar-refractivity contribution in [2.45, 2.75) is 51.5 Å². The summed E-state index contributed by atoms with van der Waals surface area (Å²) in [6.07, 6.45) is 6.65. The van der Waals surface area contributed by atoms with Crippen LogP contribution >= 0.6 is 0 Å². The first-order valence-corrected chi connectivity index (χ1v) is 11.9. The van der Waals surface area contributed by atoms with Crippen molar-refractivity contribution in [3.63, 3.8) is 0 Å². The van der Waals surface area contributed by atoms with Crippen LogP contribution in [0.4, 0.5) is 0 Å². The molecule has 7 heteroatoms. The topological polar surface area (TPSA) is 79.7 Å².